The third kappa shape index (κ3) is 3.97. The molecule has 102 valence electrons. The van der Waals surface area contributed by atoms with Crippen molar-refractivity contribution in [2.45, 2.75) is 32.7 Å². The van der Waals surface area contributed by atoms with Crippen molar-refractivity contribution in [2.24, 2.45) is 5.92 Å². The van der Waals surface area contributed by atoms with Gasteiger partial charge in [-0.1, -0.05) is 18.9 Å². The number of terminal acetylenes is 1. The molecule has 2 rings (SSSR count). The number of rotatable bonds is 7. The van der Waals surface area contributed by atoms with E-state index in [0.29, 0.717) is 12.6 Å². The Bertz CT molecular complexity index is 428. The van der Waals surface area contributed by atoms with E-state index in [4.69, 9.17) is 6.42 Å². The van der Waals surface area contributed by atoms with Crippen molar-refractivity contribution in [3.8, 4) is 12.3 Å². The first-order valence-corrected chi connectivity index (χ1v) is 7.12. The number of hydrogen-bond acceptors (Lipinski definition) is 3. The standard InChI is InChI=1S/C16H23N3/c1-4-10-19(12-14-6-7-14)16-9-8-15(11-18-16)13(3)17-5-2/h1,8-9,11,13-14,17H,5-7,10,12H2,2-3H3. The predicted molar refractivity (Wildman–Crippen MR) is 80.1 cm³/mol. The highest BCUT2D eigenvalue weighted by Gasteiger charge is 2.24. The van der Waals surface area contributed by atoms with Gasteiger partial charge in [0.2, 0.25) is 0 Å². The molecule has 0 spiro atoms. The summed E-state index contributed by atoms with van der Waals surface area (Å²) in [5, 5.41) is 3.39. The zero-order valence-electron chi connectivity index (χ0n) is 11.9. The molecule has 0 aromatic carbocycles. The van der Waals surface area contributed by atoms with Gasteiger partial charge in [0.05, 0.1) is 6.54 Å². The maximum atomic E-state index is 5.45. The zero-order valence-corrected chi connectivity index (χ0v) is 11.9. The van der Waals surface area contributed by atoms with Crippen LogP contribution in [0.2, 0.25) is 0 Å². The Kier molecular flexibility index (Phi) is 4.81. The Labute approximate surface area is 116 Å². The molecule has 3 heteroatoms. The summed E-state index contributed by atoms with van der Waals surface area (Å²) < 4.78 is 0. The van der Waals surface area contributed by atoms with Crippen LogP contribution in [0.1, 0.15) is 38.3 Å². The van der Waals surface area contributed by atoms with Gasteiger partial charge in [-0.2, -0.15) is 0 Å². The molecule has 3 nitrogen and oxygen atoms in total. The summed E-state index contributed by atoms with van der Waals surface area (Å²) in [4.78, 5) is 6.78. The average Bonchev–Trinajstić information content (AvgIpc) is 3.23. The van der Waals surface area contributed by atoms with Gasteiger partial charge in [0.1, 0.15) is 5.82 Å². The smallest absolute Gasteiger partial charge is 0.129 e. The first kappa shape index (κ1) is 13.9. The number of aromatic nitrogens is 1. The van der Waals surface area contributed by atoms with Crippen LogP contribution in [0.25, 0.3) is 0 Å². The summed E-state index contributed by atoms with van der Waals surface area (Å²) in [6.07, 6.45) is 10.1. The van der Waals surface area contributed by atoms with E-state index >= 15 is 0 Å². The molecule has 1 heterocycles. The van der Waals surface area contributed by atoms with E-state index in [-0.39, 0.29) is 0 Å². The summed E-state index contributed by atoms with van der Waals surface area (Å²) in [6, 6.07) is 4.57. The van der Waals surface area contributed by atoms with Gasteiger partial charge in [-0.3, -0.25) is 0 Å². The lowest BCUT2D eigenvalue weighted by Crippen LogP contribution is -2.27. The molecular formula is C16H23N3. The van der Waals surface area contributed by atoms with Gasteiger partial charge in [0.25, 0.3) is 0 Å². The van der Waals surface area contributed by atoms with E-state index in [9.17, 15) is 0 Å². The molecule has 1 atom stereocenters. The van der Waals surface area contributed by atoms with E-state index < -0.39 is 0 Å². The van der Waals surface area contributed by atoms with E-state index in [1.165, 1.54) is 18.4 Å². The summed E-state index contributed by atoms with van der Waals surface area (Å²) in [7, 11) is 0. The normalized spacial score (nSPS) is 15.8. The second kappa shape index (κ2) is 6.58. The Morgan fingerprint density at radius 3 is 2.84 bits per heavy atom. The number of pyridine rings is 1. The molecule has 1 fully saturated rings. The van der Waals surface area contributed by atoms with Crippen LogP contribution in [-0.4, -0.2) is 24.6 Å². The van der Waals surface area contributed by atoms with Crippen molar-refractivity contribution < 1.29 is 0 Å². The topological polar surface area (TPSA) is 28.2 Å². The summed E-state index contributed by atoms with van der Waals surface area (Å²) in [5.74, 6) is 4.54. The number of nitrogens with zero attached hydrogens (tertiary/aromatic N) is 2. The van der Waals surface area contributed by atoms with Crippen LogP contribution in [0.15, 0.2) is 18.3 Å². The van der Waals surface area contributed by atoms with Crippen LogP contribution in [0.4, 0.5) is 5.82 Å². The number of anilines is 1. The second-order valence-electron chi connectivity index (χ2n) is 5.26. The van der Waals surface area contributed by atoms with Gasteiger partial charge in [-0.25, -0.2) is 4.98 Å². The predicted octanol–water partition coefficient (Wildman–Crippen LogP) is 2.60. The van der Waals surface area contributed by atoms with Crippen LogP contribution in [0, 0.1) is 18.3 Å². The van der Waals surface area contributed by atoms with Crippen LogP contribution in [0.5, 0.6) is 0 Å². The molecule has 1 N–H and O–H groups in total. The lowest BCUT2D eigenvalue weighted by atomic mass is 10.1. The molecular weight excluding hydrogens is 234 g/mol. The Hall–Kier alpha value is -1.53. The fourth-order valence-corrected chi connectivity index (χ4v) is 2.23. The summed E-state index contributed by atoms with van der Waals surface area (Å²) >= 11 is 0. The molecule has 0 saturated heterocycles. The maximum Gasteiger partial charge on any atom is 0.129 e. The molecule has 0 radical (unpaired) electrons. The van der Waals surface area contributed by atoms with Gasteiger partial charge in [0.15, 0.2) is 0 Å². The van der Waals surface area contributed by atoms with Gasteiger partial charge in [0, 0.05) is 18.8 Å². The Morgan fingerprint density at radius 1 is 1.53 bits per heavy atom. The van der Waals surface area contributed by atoms with Crippen molar-refractivity contribution in [1.29, 1.82) is 0 Å². The number of hydrogen-bond donors (Lipinski definition) is 1. The average molecular weight is 257 g/mol. The van der Waals surface area contributed by atoms with Crippen LogP contribution >= 0.6 is 0 Å². The van der Waals surface area contributed by atoms with Gasteiger partial charge in [-0.05, 0) is 43.9 Å². The second-order valence-corrected chi connectivity index (χ2v) is 5.26. The van der Waals surface area contributed by atoms with Crippen molar-refractivity contribution in [2.75, 3.05) is 24.5 Å². The fraction of sp³-hybridized carbons (Fsp3) is 0.562. The van der Waals surface area contributed by atoms with Gasteiger partial charge >= 0.3 is 0 Å². The minimum atomic E-state index is 0.344. The first-order chi connectivity index (χ1) is 9.24. The van der Waals surface area contributed by atoms with Gasteiger partial charge < -0.3 is 10.2 Å². The van der Waals surface area contributed by atoms with Crippen LogP contribution < -0.4 is 10.2 Å². The Balaban J connectivity index is 2.04. The summed E-state index contributed by atoms with van der Waals surface area (Å²) in [5.41, 5.74) is 1.22. The lowest BCUT2D eigenvalue weighted by molar-refractivity contribution is 0.596. The molecule has 1 aromatic rings. The van der Waals surface area contributed by atoms with E-state index in [2.05, 4.69) is 47.1 Å². The van der Waals surface area contributed by atoms with Crippen molar-refractivity contribution >= 4 is 5.82 Å². The monoisotopic (exact) mass is 257 g/mol. The molecule has 1 unspecified atom stereocenters. The van der Waals surface area contributed by atoms with E-state index in [0.717, 1.165) is 24.8 Å². The van der Waals surface area contributed by atoms with Crippen molar-refractivity contribution in [3.05, 3.63) is 23.9 Å². The first-order valence-electron chi connectivity index (χ1n) is 7.12. The largest absolute Gasteiger partial charge is 0.345 e. The lowest BCUT2D eigenvalue weighted by Gasteiger charge is -2.22. The highest BCUT2D eigenvalue weighted by atomic mass is 15.2. The highest BCUT2D eigenvalue weighted by Crippen LogP contribution is 2.31. The molecule has 1 aliphatic rings. The van der Waals surface area contributed by atoms with Crippen molar-refractivity contribution in [3.63, 3.8) is 0 Å². The maximum absolute atomic E-state index is 5.45. The van der Waals surface area contributed by atoms with Crippen LogP contribution in [-0.2, 0) is 0 Å². The SMILES string of the molecule is C#CCN(CC1CC1)c1ccc(C(C)NCC)cn1. The van der Waals surface area contributed by atoms with Gasteiger partial charge in [-0.15, -0.1) is 6.42 Å². The van der Waals surface area contributed by atoms with E-state index in [1.54, 1.807) is 0 Å². The third-order valence-electron chi connectivity index (χ3n) is 3.56. The molecule has 1 saturated carbocycles. The quantitative estimate of drug-likeness (QED) is 0.761. The molecule has 19 heavy (non-hydrogen) atoms. The highest BCUT2D eigenvalue weighted by molar-refractivity contribution is 5.41. The molecule has 1 aromatic heterocycles. The zero-order chi connectivity index (χ0) is 13.7. The van der Waals surface area contributed by atoms with E-state index in [1.807, 2.05) is 6.20 Å². The third-order valence-corrected chi connectivity index (χ3v) is 3.56. The molecule has 0 amide bonds. The minimum absolute atomic E-state index is 0.344. The molecule has 0 aliphatic heterocycles. The number of nitrogens with one attached hydrogen (secondary N) is 1. The molecule has 1 aliphatic carbocycles. The fourth-order valence-electron chi connectivity index (χ4n) is 2.23. The Morgan fingerprint density at radius 2 is 2.32 bits per heavy atom. The minimum Gasteiger partial charge on any atom is -0.345 e. The van der Waals surface area contributed by atoms with Crippen LogP contribution in [0.3, 0.4) is 0 Å². The molecule has 0 bridgehead atoms. The van der Waals surface area contributed by atoms with Crippen molar-refractivity contribution in [1.82, 2.24) is 10.3 Å². The summed E-state index contributed by atoms with van der Waals surface area (Å²) in [6.45, 7) is 6.92.